The second kappa shape index (κ2) is 7.84. The first-order valence-corrected chi connectivity index (χ1v) is 10.5. The van der Waals surface area contributed by atoms with Gasteiger partial charge in [0.2, 0.25) is 5.91 Å². The molecule has 3 fully saturated rings. The van der Waals surface area contributed by atoms with Crippen LogP contribution < -0.4 is 10.6 Å². The SMILES string of the molecule is CCNC(=O)CCN1C[C@@H]2[C@H](CNC(=O)c3ccccc3C)[C@H]3CC[C@]2(C1)O3. The highest BCUT2D eigenvalue weighted by molar-refractivity contribution is 5.95. The van der Waals surface area contributed by atoms with Crippen LogP contribution in [-0.4, -0.2) is 61.1 Å². The summed E-state index contributed by atoms with van der Waals surface area (Å²) in [6, 6.07) is 7.70. The predicted molar refractivity (Wildman–Crippen MR) is 107 cm³/mol. The molecule has 1 spiro atoms. The first-order chi connectivity index (χ1) is 13.5. The van der Waals surface area contributed by atoms with Gasteiger partial charge in [-0.25, -0.2) is 0 Å². The average molecular weight is 386 g/mol. The van der Waals surface area contributed by atoms with E-state index in [-0.39, 0.29) is 23.5 Å². The third kappa shape index (κ3) is 3.55. The van der Waals surface area contributed by atoms with Crippen LogP contribution in [0, 0.1) is 18.8 Å². The molecule has 1 aromatic carbocycles. The predicted octanol–water partition coefficient (Wildman–Crippen LogP) is 1.73. The molecule has 0 aliphatic carbocycles. The van der Waals surface area contributed by atoms with Gasteiger partial charge in [0.15, 0.2) is 0 Å². The molecule has 152 valence electrons. The van der Waals surface area contributed by atoms with Crippen LogP contribution in [-0.2, 0) is 9.53 Å². The van der Waals surface area contributed by atoms with E-state index in [0.717, 1.165) is 43.6 Å². The lowest BCUT2D eigenvalue weighted by molar-refractivity contribution is -0.121. The standard InChI is InChI=1S/C22H31N3O3/c1-3-23-20(26)9-11-25-13-18-17(19-8-10-22(18,14-25)28-19)12-24-21(27)16-7-5-4-6-15(16)2/h4-7,17-19H,3,8-14H2,1-2H3,(H,23,26)(H,24,27)/t17-,18+,19+,22+/m0/s1. The van der Waals surface area contributed by atoms with Crippen molar-refractivity contribution < 1.29 is 14.3 Å². The molecular formula is C22H31N3O3. The molecule has 0 unspecified atom stereocenters. The summed E-state index contributed by atoms with van der Waals surface area (Å²) >= 11 is 0. The lowest BCUT2D eigenvalue weighted by atomic mass is 9.73. The highest BCUT2D eigenvalue weighted by atomic mass is 16.5. The molecule has 2 amide bonds. The van der Waals surface area contributed by atoms with Crippen LogP contribution in [0.4, 0.5) is 0 Å². The Morgan fingerprint density at radius 1 is 1.29 bits per heavy atom. The van der Waals surface area contributed by atoms with Gasteiger partial charge in [0.25, 0.3) is 5.91 Å². The smallest absolute Gasteiger partial charge is 0.251 e. The van der Waals surface area contributed by atoms with Gasteiger partial charge in [0, 0.05) is 56.5 Å². The Kier molecular flexibility index (Phi) is 5.43. The molecule has 3 aliphatic heterocycles. The van der Waals surface area contributed by atoms with Crippen molar-refractivity contribution in [2.24, 2.45) is 11.8 Å². The van der Waals surface area contributed by atoms with Crippen molar-refractivity contribution in [3.8, 4) is 0 Å². The Balaban J connectivity index is 1.35. The molecule has 28 heavy (non-hydrogen) atoms. The number of nitrogens with zero attached hydrogens (tertiary/aromatic N) is 1. The summed E-state index contributed by atoms with van der Waals surface area (Å²) in [5, 5.41) is 6.03. The summed E-state index contributed by atoms with van der Waals surface area (Å²) in [4.78, 5) is 26.8. The Morgan fingerprint density at radius 2 is 2.11 bits per heavy atom. The zero-order chi connectivity index (χ0) is 19.7. The van der Waals surface area contributed by atoms with Crippen molar-refractivity contribution in [2.75, 3.05) is 32.7 Å². The highest BCUT2D eigenvalue weighted by Crippen LogP contribution is 2.54. The normalized spacial score (nSPS) is 31.0. The van der Waals surface area contributed by atoms with E-state index in [1.807, 2.05) is 38.1 Å². The van der Waals surface area contributed by atoms with E-state index in [0.29, 0.717) is 31.3 Å². The van der Waals surface area contributed by atoms with Crippen molar-refractivity contribution in [1.82, 2.24) is 15.5 Å². The highest BCUT2D eigenvalue weighted by Gasteiger charge is 2.62. The van der Waals surface area contributed by atoms with E-state index in [4.69, 9.17) is 4.74 Å². The van der Waals surface area contributed by atoms with Gasteiger partial charge < -0.3 is 15.4 Å². The summed E-state index contributed by atoms with van der Waals surface area (Å²) in [5.74, 6) is 0.916. The quantitative estimate of drug-likeness (QED) is 0.750. The van der Waals surface area contributed by atoms with Gasteiger partial charge in [-0.1, -0.05) is 18.2 Å². The molecule has 4 rings (SSSR count). The van der Waals surface area contributed by atoms with Crippen LogP contribution in [0.5, 0.6) is 0 Å². The second-order valence-electron chi connectivity index (χ2n) is 8.49. The number of carbonyl (C=O) groups excluding carboxylic acids is 2. The Labute approximate surface area is 167 Å². The number of amides is 2. The molecule has 0 radical (unpaired) electrons. The van der Waals surface area contributed by atoms with Gasteiger partial charge >= 0.3 is 0 Å². The number of likely N-dealkylation sites (tertiary alicyclic amines) is 1. The molecule has 2 N–H and O–H groups in total. The zero-order valence-electron chi connectivity index (χ0n) is 16.9. The number of hydrogen-bond acceptors (Lipinski definition) is 4. The summed E-state index contributed by atoms with van der Waals surface area (Å²) in [5.41, 5.74) is 1.68. The minimum absolute atomic E-state index is 0.000938. The molecule has 0 saturated carbocycles. The Morgan fingerprint density at radius 3 is 2.89 bits per heavy atom. The largest absolute Gasteiger partial charge is 0.370 e. The summed E-state index contributed by atoms with van der Waals surface area (Å²) in [6.45, 7) is 7.90. The van der Waals surface area contributed by atoms with Crippen molar-refractivity contribution in [3.05, 3.63) is 35.4 Å². The Bertz CT molecular complexity index is 752. The summed E-state index contributed by atoms with van der Waals surface area (Å²) in [6.07, 6.45) is 2.97. The van der Waals surface area contributed by atoms with Crippen LogP contribution in [0.2, 0.25) is 0 Å². The third-order valence-electron chi connectivity index (χ3n) is 6.77. The number of hydrogen-bond donors (Lipinski definition) is 2. The lowest BCUT2D eigenvalue weighted by Crippen LogP contribution is -2.42. The number of nitrogens with one attached hydrogen (secondary N) is 2. The number of carbonyl (C=O) groups is 2. The second-order valence-corrected chi connectivity index (χ2v) is 8.49. The fraction of sp³-hybridized carbons (Fsp3) is 0.636. The molecule has 1 aromatic rings. The fourth-order valence-corrected chi connectivity index (χ4v) is 5.41. The van der Waals surface area contributed by atoms with Crippen LogP contribution in [0.1, 0.15) is 42.1 Å². The van der Waals surface area contributed by atoms with Gasteiger partial charge in [-0.15, -0.1) is 0 Å². The van der Waals surface area contributed by atoms with Gasteiger partial charge in [0.1, 0.15) is 0 Å². The first-order valence-electron chi connectivity index (χ1n) is 10.5. The van der Waals surface area contributed by atoms with E-state index in [1.165, 1.54) is 0 Å². The maximum atomic E-state index is 12.6. The number of ether oxygens (including phenoxy) is 1. The lowest BCUT2D eigenvalue weighted by Gasteiger charge is -2.29. The molecule has 6 nitrogen and oxygen atoms in total. The third-order valence-corrected chi connectivity index (χ3v) is 6.77. The molecule has 6 heteroatoms. The van der Waals surface area contributed by atoms with E-state index in [1.54, 1.807) is 0 Å². The first kappa shape index (κ1) is 19.4. The van der Waals surface area contributed by atoms with Crippen LogP contribution in [0.3, 0.4) is 0 Å². The molecule has 4 atom stereocenters. The molecule has 0 aromatic heterocycles. The monoisotopic (exact) mass is 385 g/mol. The minimum atomic E-state index is -0.0655. The molecule has 3 saturated heterocycles. The van der Waals surface area contributed by atoms with Crippen LogP contribution in [0.15, 0.2) is 24.3 Å². The van der Waals surface area contributed by atoms with Gasteiger partial charge in [0.05, 0.1) is 11.7 Å². The molecule has 2 bridgehead atoms. The van der Waals surface area contributed by atoms with Crippen molar-refractivity contribution >= 4 is 11.8 Å². The van der Waals surface area contributed by atoms with Crippen molar-refractivity contribution in [3.63, 3.8) is 0 Å². The molecular weight excluding hydrogens is 354 g/mol. The van der Waals surface area contributed by atoms with Crippen molar-refractivity contribution in [2.45, 2.75) is 44.8 Å². The van der Waals surface area contributed by atoms with Gasteiger partial charge in [-0.05, 0) is 38.3 Å². The maximum Gasteiger partial charge on any atom is 0.251 e. The fourth-order valence-electron chi connectivity index (χ4n) is 5.41. The number of benzene rings is 1. The minimum Gasteiger partial charge on any atom is -0.370 e. The van der Waals surface area contributed by atoms with E-state index >= 15 is 0 Å². The van der Waals surface area contributed by atoms with Crippen molar-refractivity contribution in [1.29, 1.82) is 0 Å². The summed E-state index contributed by atoms with van der Waals surface area (Å²) in [7, 11) is 0. The van der Waals surface area contributed by atoms with Crippen LogP contribution in [0.25, 0.3) is 0 Å². The molecule has 3 aliphatic rings. The summed E-state index contributed by atoms with van der Waals surface area (Å²) < 4.78 is 6.45. The van der Waals surface area contributed by atoms with E-state index < -0.39 is 0 Å². The molecule has 3 heterocycles. The maximum absolute atomic E-state index is 12.6. The average Bonchev–Trinajstić information content (AvgIpc) is 3.33. The van der Waals surface area contributed by atoms with E-state index in [9.17, 15) is 9.59 Å². The Hall–Kier alpha value is -1.92. The zero-order valence-corrected chi connectivity index (χ0v) is 16.9. The van der Waals surface area contributed by atoms with Crippen LogP contribution >= 0.6 is 0 Å². The van der Waals surface area contributed by atoms with Gasteiger partial charge in [-0.2, -0.15) is 0 Å². The van der Waals surface area contributed by atoms with E-state index in [2.05, 4.69) is 15.5 Å². The number of fused-ring (bicyclic) bond motifs is 1. The van der Waals surface area contributed by atoms with Gasteiger partial charge in [-0.3, -0.25) is 14.5 Å². The number of aryl methyl sites for hydroxylation is 1. The topological polar surface area (TPSA) is 70.7 Å². The number of rotatable bonds is 7.